The molecule has 0 aromatic rings. The Labute approximate surface area is 117 Å². The van der Waals surface area contributed by atoms with Crippen molar-refractivity contribution < 1.29 is 14.7 Å². The van der Waals surface area contributed by atoms with Crippen LogP contribution in [0.25, 0.3) is 0 Å². The van der Waals surface area contributed by atoms with Crippen LogP contribution in [-0.2, 0) is 9.59 Å². The number of aliphatic hydroxyl groups excluding tert-OH is 1. The fraction of sp³-hybridized carbons (Fsp3) is 0.667. The highest BCUT2D eigenvalue weighted by Gasteiger charge is 2.30. The lowest BCUT2D eigenvalue weighted by atomic mass is 10.1. The molecule has 1 rings (SSSR count). The molecule has 1 heterocycles. The van der Waals surface area contributed by atoms with Crippen molar-refractivity contribution in [3.05, 3.63) is 10.7 Å². The zero-order valence-corrected chi connectivity index (χ0v) is 12.3. The van der Waals surface area contributed by atoms with Gasteiger partial charge in [0.15, 0.2) is 0 Å². The number of thioether (sulfide) groups is 1. The first kappa shape index (κ1) is 15.8. The topological polar surface area (TPSA) is 95.7 Å². The van der Waals surface area contributed by atoms with Crippen LogP contribution >= 0.6 is 11.8 Å². The Hall–Kier alpha value is -1.21. The van der Waals surface area contributed by atoms with E-state index >= 15 is 0 Å². The number of carbonyl (C=O) groups excluding carboxylic acids is 2. The normalized spacial score (nSPS) is 19.8. The van der Waals surface area contributed by atoms with E-state index in [2.05, 4.69) is 5.32 Å². The van der Waals surface area contributed by atoms with E-state index in [0.29, 0.717) is 17.3 Å². The molecule has 0 aromatic heterocycles. The molecule has 0 radical (unpaired) electrons. The van der Waals surface area contributed by atoms with Crippen LogP contribution in [0.15, 0.2) is 10.7 Å². The van der Waals surface area contributed by atoms with Gasteiger partial charge in [-0.2, -0.15) is 0 Å². The van der Waals surface area contributed by atoms with Crippen LogP contribution in [0.2, 0.25) is 0 Å². The highest BCUT2D eigenvalue weighted by Crippen LogP contribution is 2.29. The van der Waals surface area contributed by atoms with E-state index in [1.54, 1.807) is 0 Å². The number of aliphatic hydroxyl groups is 1. The van der Waals surface area contributed by atoms with Gasteiger partial charge < -0.3 is 21.1 Å². The Morgan fingerprint density at radius 3 is 2.68 bits per heavy atom. The highest BCUT2D eigenvalue weighted by atomic mass is 32.2. The minimum absolute atomic E-state index is 0.0387. The van der Waals surface area contributed by atoms with E-state index in [-0.39, 0.29) is 30.2 Å². The summed E-state index contributed by atoms with van der Waals surface area (Å²) >= 11 is 1.27. The van der Waals surface area contributed by atoms with Gasteiger partial charge >= 0.3 is 0 Å². The molecule has 6 nitrogen and oxygen atoms in total. The first-order chi connectivity index (χ1) is 8.92. The van der Waals surface area contributed by atoms with Crippen LogP contribution in [0.4, 0.5) is 0 Å². The van der Waals surface area contributed by atoms with Gasteiger partial charge in [-0.1, -0.05) is 25.6 Å². The Morgan fingerprint density at radius 1 is 1.58 bits per heavy atom. The van der Waals surface area contributed by atoms with E-state index in [1.165, 1.54) is 16.7 Å². The number of hydrogen-bond acceptors (Lipinski definition) is 5. The molecule has 0 aliphatic carbocycles. The van der Waals surface area contributed by atoms with E-state index < -0.39 is 5.91 Å². The molecule has 19 heavy (non-hydrogen) atoms. The van der Waals surface area contributed by atoms with E-state index in [4.69, 9.17) is 5.73 Å². The molecule has 4 N–H and O–H groups in total. The van der Waals surface area contributed by atoms with Gasteiger partial charge in [0, 0.05) is 6.54 Å². The van der Waals surface area contributed by atoms with Crippen molar-refractivity contribution in [1.82, 2.24) is 10.2 Å². The van der Waals surface area contributed by atoms with Crippen LogP contribution in [-0.4, -0.2) is 46.8 Å². The number of rotatable bonds is 5. The molecule has 1 aliphatic rings. The largest absolute Gasteiger partial charge is 0.394 e. The summed E-state index contributed by atoms with van der Waals surface area (Å²) in [5, 5.41) is 12.4. The predicted molar refractivity (Wildman–Crippen MR) is 74.9 cm³/mol. The van der Waals surface area contributed by atoms with Crippen molar-refractivity contribution in [2.75, 3.05) is 18.9 Å². The Balaban J connectivity index is 2.84. The van der Waals surface area contributed by atoms with Gasteiger partial charge in [-0.05, 0) is 12.8 Å². The van der Waals surface area contributed by atoms with Crippen LogP contribution < -0.4 is 11.1 Å². The first-order valence-electron chi connectivity index (χ1n) is 6.27. The Bertz CT molecular complexity index is 396. The minimum Gasteiger partial charge on any atom is -0.394 e. The van der Waals surface area contributed by atoms with Crippen molar-refractivity contribution in [2.24, 2.45) is 11.7 Å². The summed E-state index contributed by atoms with van der Waals surface area (Å²) < 4.78 is 0. The third-order valence-corrected chi connectivity index (χ3v) is 4.09. The maximum absolute atomic E-state index is 12.0. The Morgan fingerprint density at radius 2 is 2.21 bits per heavy atom. The number of nitrogens with one attached hydrogen (secondary N) is 1. The predicted octanol–water partition coefficient (Wildman–Crippen LogP) is -0.157. The van der Waals surface area contributed by atoms with Crippen LogP contribution in [0.5, 0.6) is 0 Å². The SMILES string of the molecule is CCN1C(=O)CS/C1=C(/N)C(=O)N[C@H](CO)C(C)C. The fourth-order valence-corrected chi connectivity index (χ4v) is 2.76. The van der Waals surface area contributed by atoms with Crippen LogP contribution in [0, 0.1) is 5.92 Å². The standard InChI is InChI=1S/C12H21N3O3S/c1-4-15-9(17)6-19-12(15)10(13)11(18)14-8(5-16)7(2)3/h7-8,16H,4-6,13H2,1-3H3,(H,14,18)/b12-10+/t8-/m1/s1. The van der Waals surface area contributed by atoms with Crippen LogP contribution in [0.1, 0.15) is 20.8 Å². The monoisotopic (exact) mass is 287 g/mol. The number of hydrogen-bond donors (Lipinski definition) is 3. The molecule has 1 saturated heterocycles. The maximum atomic E-state index is 12.0. The van der Waals surface area contributed by atoms with Gasteiger partial charge in [-0.15, -0.1) is 0 Å². The zero-order valence-electron chi connectivity index (χ0n) is 11.5. The minimum atomic E-state index is -0.441. The van der Waals surface area contributed by atoms with E-state index in [9.17, 15) is 14.7 Å². The lowest BCUT2D eigenvalue weighted by Crippen LogP contribution is -2.43. The lowest BCUT2D eigenvalue weighted by molar-refractivity contribution is -0.125. The van der Waals surface area contributed by atoms with Crippen molar-refractivity contribution in [2.45, 2.75) is 26.8 Å². The van der Waals surface area contributed by atoms with Crippen molar-refractivity contribution >= 4 is 23.6 Å². The molecule has 0 saturated carbocycles. The van der Waals surface area contributed by atoms with Crippen LogP contribution in [0.3, 0.4) is 0 Å². The van der Waals surface area contributed by atoms with Gasteiger partial charge in [0.2, 0.25) is 5.91 Å². The highest BCUT2D eigenvalue weighted by molar-refractivity contribution is 8.04. The number of carbonyl (C=O) groups is 2. The van der Waals surface area contributed by atoms with Gasteiger partial charge in [0.05, 0.1) is 18.4 Å². The van der Waals surface area contributed by atoms with Crippen molar-refractivity contribution in [1.29, 1.82) is 0 Å². The summed E-state index contributed by atoms with van der Waals surface area (Å²) in [6, 6.07) is -0.344. The number of nitrogens with zero attached hydrogens (tertiary/aromatic N) is 1. The summed E-state index contributed by atoms with van der Waals surface area (Å²) in [5.74, 6) is -0.0683. The second kappa shape index (κ2) is 6.81. The molecule has 1 aliphatic heterocycles. The fourth-order valence-electron chi connectivity index (χ4n) is 1.71. The molecule has 108 valence electrons. The molecule has 0 spiro atoms. The second-order valence-electron chi connectivity index (χ2n) is 4.65. The second-order valence-corrected chi connectivity index (χ2v) is 5.62. The molecule has 0 unspecified atom stereocenters. The maximum Gasteiger partial charge on any atom is 0.270 e. The number of nitrogens with two attached hydrogens (primary N) is 1. The van der Waals surface area contributed by atoms with Gasteiger partial charge in [0.25, 0.3) is 5.91 Å². The van der Waals surface area contributed by atoms with Crippen molar-refractivity contribution in [3.8, 4) is 0 Å². The van der Waals surface area contributed by atoms with E-state index in [0.717, 1.165) is 0 Å². The van der Waals surface area contributed by atoms with Gasteiger partial charge in [-0.3, -0.25) is 9.59 Å². The average Bonchev–Trinajstić information content (AvgIpc) is 2.75. The zero-order chi connectivity index (χ0) is 14.6. The summed E-state index contributed by atoms with van der Waals surface area (Å²) in [4.78, 5) is 25.1. The molecular formula is C12H21N3O3S. The van der Waals surface area contributed by atoms with Gasteiger partial charge in [-0.25, -0.2) is 0 Å². The third kappa shape index (κ3) is 3.63. The van der Waals surface area contributed by atoms with E-state index in [1.807, 2.05) is 20.8 Å². The molecule has 1 fully saturated rings. The molecule has 1 atom stereocenters. The number of amides is 2. The first-order valence-corrected chi connectivity index (χ1v) is 7.25. The van der Waals surface area contributed by atoms with Gasteiger partial charge in [0.1, 0.15) is 10.7 Å². The molecule has 7 heteroatoms. The van der Waals surface area contributed by atoms with Crippen molar-refractivity contribution in [3.63, 3.8) is 0 Å². The molecular weight excluding hydrogens is 266 g/mol. The lowest BCUT2D eigenvalue weighted by Gasteiger charge is -2.21. The smallest absolute Gasteiger partial charge is 0.270 e. The Kier molecular flexibility index (Phi) is 5.68. The molecule has 0 aromatic carbocycles. The quantitative estimate of drug-likeness (QED) is 0.611. The summed E-state index contributed by atoms with van der Waals surface area (Å²) in [6.45, 7) is 5.98. The summed E-state index contributed by atoms with van der Waals surface area (Å²) in [6.07, 6.45) is 0. The molecule has 0 bridgehead atoms. The molecule has 2 amide bonds. The average molecular weight is 287 g/mol. The summed E-state index contributed by atoms with van der Waals surface area (Å²) in [5.41, 5.74) is 5.86. The summed E-state index contributed by atoms with van der Waals surface area (Å²) in [7, 11) is 0. The third-order valence-electron chi connectivity index (χ3n) is 2.99.